The van der Waals surface area contributed by atoms with Gasteiger partial charge in [-0.1, -0.05) is 0 Å². The molecule has 0 unspecified atom stereocenters. The van der Waals surface area contributed by atoms with Crippen molar-refractivity contribution in [2.75, 3.05) is 12.4 Å². The lowest BCUT2D eigenvalue weighted by Crippen LogP contribution is -2.29. The summed E-state index contributed by atoms with van der Waals surface area (Å²) < 4.78 is 0. The van der Waals surface area contributed by atoms with E-state index in [0.717, 1.165) is 9.88 Å². The molecule has 72 valence electrons. The van der Waals surface area contributed by atoms with Crippen LogP contribution in [0.4, 0.5) is 5.00 Å². The van der Waals surface area contributed by atoms with Crippen LogP contribution in [0.5, 0.6) is 0 Å². The number of anilines is 1. The highest BCUT2D eigenvalue weighted by molar-refractivity contribution is 7.17. The van der Waals surface area contributed by atoms with Gasteiger partial charge >= 0.3 is 0 Å². The van der Waals surface area contributed by atoms with Crippen molar-refractivity contribution >= 4 is 22.2 Å². The van der Waals surface area contributed by atoms with Crippen LogP contribution in [0.25, 0.3) is 0 Å². The van der Waals surface area contributed by atoms with Crippen molar-refractivity contribution in [1.82, 2.24) is 5.32 Å². The highest BCUT2D eigenvalue weighted by atomic mass is 32.1. The van der Waals surface area contributed by atoms with E-state index >= 15 is 0 Å². The van der Waals surface area contributed by atoms with E-state index in [-0.39, 0.29) is 11.9 Å². The Morgan fingerprint density at radius 3 is 2.62 bits per heavy atom. The first kappa shape index (κ1) is 10.1. The molecule has 0 spiro atoms. The molecule has 0 aromatic carbocycles. The largest absolute Gasteiger partial charge is 0.380 e. The fraction of sp³-hybridized carbons (Fsp3) is 0.444. The highest BCUT2D eigenvalue weighted by Crippen LogP contribution is 2.20. The standard InChI is InChI=1S/C9H14N2OS/c1-6(2)11-9(12)7-4-5-8(10-3)13-7/h4-6,10H,1-3H3,(H,11,12). The summed E-state index contributed by atoms with van der Waals surface area (Å²) in [5, 5.41) is 6.84. The van der Waals surface area contributed by atoms with Crippen LogP contribution >= 0.6 is 11.3 Å². The van der Waals surface area contributed by atoms with E-state index in [0.29, 0.717) is 0 Å². The third-order valence-electron chi connectivity index (χ3n) is 1.50. The van der Waals surface area contributed by atoms with E-state index < -0.39 is 0 Å². The van der Waals surface area contributed by atoms with Crippen molar-refractivity contribution in [3.05, 3.63) is 17.0 Å². The van der Waals surface area contributed by atoms with Crippen LogP contribution in [0.3, 0.4) is 0 Å². The molecule has 1 heterocycles. The minimum atomic E-state index is 0.00139. The SMILES string of the molecule is CNc1ccc(C(=O)NC(C)C)s1. The molecule has 0 fully saturated rings. The number of hydrogen-bond acceptors (Lipinski definition) is 3. The maximum Gasteiger partial charge on any atom is 0.261 e. The van der Waals surface area contributed by atoms with E-state index in [2.05, 4.69) is 10.6 Å². The summed E-state index contributed by atoms with van der Waals surface area (Å²) in [4.78, 5) is 12.2. The van der Waals surface area contributed by atoms with E-state index in [9.17, 15) is 4.79 Å². The van der Waals surface area contributed by atoms with Crippen LogP contribution < -0.4 is 10.6 Å². The Hall–Kier alpha value is -1.03. The Morgan fingerprint density at radius 1 is 1.46 bits per heavy atom. The zero-order chi connectivity index (χ0) is 9.84. The highest BCUT2D eigenvalue weighted by Gasteiger charge is 2.08. The summed E-state index contributed by atoms with van der Waals surface area (Å²) in [5.41, 5.74) is 0. The predicted molar refractivity (Wildman–Crippen MR) is 56.5 cm³/mol. The first-order valence-electron chi connectivity index (χ1n) is 4.22. The molecule has 1 amide bonds. The maximum absolute atomic E-state index is 11.5. The van der Waals surface area contributed by atoms with Gasteiger partial charge in [0.2, 0.25) is 0 Å². The fourth-order valence-corrected chi connectivity index (χ4v) is 1.69. The van der Waals surface area contributed by atoms with Gasteiger partial charge < -0.3 is 10.6 Å². The fourth-order valence-electron chi connectivity index (χ4n) is 0.928. The normalized spacial score (nSPS) is 10.2. The van der Waals surface area contributed by atoms with Gasteiger partial charge in [-0.15, -0.1) is 11.3 Å². The molecule has 4 heteroatoms. The van der Waals surface area contributed by atoms with Gasteiger partial charge in [0.15, 0.2) is 0 Å². The molecule has 2 N–H and O–H groups in total. The Labute approximate surface area is 82.2 Å². The average Bonchev–Trinajstić information content (AvgIpc) is 2.50. The number of nitrogens with one attached hydrogen (secondary N) is 2. The maximum atomic E-state index is 11.5. The van der Waals surface area contributed by atoms with Gasteiger partial charge in [0.25, 0.3) is 5.91 Å². The van der Waals surface area contributed by atoms with Gasteiger partial charge in [-0.2, -0.15) is 0 Å². The minimum absolute atomic E-state index is 0.00139. The summed E-state index contributed by atoms with van der Waals surface area (Å²) in [6.45, 7) is 3.90. The second kappa shape index (κ2) is 4.28. The van der Waals surface area contributed by atoms with Crippen molar-refractivity contribution in [2.45, 2.75) is 19.9 Å². The van der Waals surface area contributed by atoms with Gasteiger partial charge in [0, 0.05) is 13.1 Å². The first-order chi connectivity index (χ1) is 6.13. The smallest absolute Gasteiger partial charge is 0.261 e. The number of amides is 1. The summed E-state index contributed by atoms with van der Waals surface area (Å²) in [5.74, 6) is 0.00139. The lowest BCUT2D eigenvalue weighted by Gasteiger charge is -2.05. The zero-order valence-electron chi connectivity index (χ0n) is 8.05. The van der Waals surface area contributed by atoms with Crippen LogP contribution in [0.1, 0.15) is 23.5 Å². The number of thiophene rings is 1. The lowest BCUT2D eigenvalue weighted by atomic mass is 10.3. The third-order valence-corrected chi connectivity index (χ3v) is 2.60. The zero-order valence-corrected chi connectivity index (χ0v) is 8.87. The molecule has 0 atom stereocenters. The number of carbonyl (C=O) groups excluding carboxylic acids is 1. The van der Waals surface area contributed by atoms with Gasteiger partial charge in [-0.25, -0.2) is 0 Å². The molecule has 0 saturated carbocycles. The summed E-state index contributed by atoms with van der Waals surface area (Å²) in [6.07, 6.45) is 0. The van der Waals surface area contributed by atoms with E-state index in [1.807, 2.05) is 33.0 Å². The van der Waals surface area contributed by atoms with E-state index in [4.69, 9.17) is 0 Å². The minimum Gasteiger partial charge on any atom is -0.380 e. The summed E-state index contributed by atoms with van der Waals surface area (Å²) >= 11 is 1.46. The summed E-state index contributed by atoms with van der Waals surface area (Å²) in [7, 11) is 1.84. The number of hydrogen-bond donors (Lipinski definition) is 2. The molecule has 13 heavy (non-hydrogen) atoms. The van der Waals surface area contributed by atoms with Crippen LogP contribution in [0.15, 0.2) is 12.1 Å². The molecule has 1 aromatic rings. The molecular formula is C9H14N2OS. The molecule has 0 aliphatic heterocycles. The lowest BCUT2D eigenvalue weighted by molar-refractivity contribution is 0.0947. The predicted octanol–water partition coefficient (Wildman–Crippen LogP) is 1.93. The second-order valence-electron chi connectivity index (χ2n) is 3.04. The number of rotatable bonds is 3. The molecular weight excluding hydrogens is 184 g/mol. The first-order valence-corrected chi connectivity index (χ1v) is 5.03. The molecule has 1 rings (SSSR count). The van der Waals surface area contributed by atoms with Crippen LogP contribution in [-0.2, 0) is 0 Å². The molecule has 3 nitrogen and oxygen atoms in total. The van der Waals surface area contributed by atoms with Crippen molar-refractivity contribution < 1.29 is 4.79 Å². The van der Waals surface area contributed by atoms with Crippen LogP contribution in [-0.4, -0.2) is 19.0 Å². The Balaban J connectivity index is 2.66. The quantitative estimate of drug-likeness (QED) is 0.779. The average molecular weight is 198 g/mol. The van der Waals surface area contributed by atoms with Crippen LogP contribution in [0, 0.1) is 0 Å². The van der Waals surface area contributed by atoms with Gasteiger partial charge in [0.1, 0.15) is 0 Å². The second-order valence-corrected chi connectivity index (χ2v) is 4.13. The molecule has 0 radical (unpaired) electrons. The molecule has 1 aromatic heterocycles. The third kappa shape index (κ3) is 2.73. The Morgan fingerprint density at radius 2 is 2.15 bits per heavy atom. The Kier molecular flexibility index (Phi) is 3.31. The van der Waals surface area contributed by atoms with E-state index in [1.54, 1.807) is 0 Å². The molecule has 0 saturated heterocycles. The van der Waals surface area contributed by atoms with Crippen molar-refractivity contribution in [3.63, 3.8) is 0 Å². The van der Waals surface area contributed by atoms with Crippen molar-refractivity contribution in [3.8, 4) is 0 Å². The van der Waals surface area contributed by atoms with Crippen LogP contribution in [0.2, 0.25) is 0 Å². The summed E-state index contributed by atoms with van der Waals surface area (Å²) in [6, 6.07) is 3.92. The molecule has 0 aliphatic rings. The molecule has 0 bridgehead atoms. The van der Waals surface area contributed by atoms with E-state index in [1.165, 1.54) is 11.3 Å². The Bertz CT molecular complexity index is 294. The van der Waals surface area contributed by atoms with Crippen molar-refractivity contribution in [1.29, 1.82) is 0 Å². The number of carbonyl (C=O) groups is 1. The topological polar surface area (TPSA) is 41.1 Å². The monoisotopic (exact) mass is 198 g/mol. The molecule has 0 aliphatic carbocycles. The van der Waals surface area contributed by atoms with Crippen molar-refractivity contribution in [2.24, 2.45) is 0 Å². The van der Waals surface area contributed by atoms with Gasteiger partial charge in [-0.05, 0) is 26.0 Å². The van der Waals surface area contributed by atoms with Gasteiger partial charge in [0.05, 0.1) is 9.88 Å². The van der Waals surface area contributed by atoms with Gasteiger partial charge in [-0.3, -0.25) is 4.79 Å².